The molecule has 0 radical (unpaired) electrons. The lowest BCUT2D eigenvalue weighted by Gasteiger charge is -2.37. The van der Waals surface area contributed by atoms with Gasteiger partial charge in [0.1, 0.15) is 0 Å². The van der Waals surface area contributed by atoms with Crippen LogP contribution in [0.25, 0.3) is 0 Å². The summed E-state index contributed by atoms with van der Waals surface area (Å²) in [5.41, 5.74) is 9.80. The predicted octanol–water partition coefficient (Wildman–Crippen LogP) is 0.872. The number of nitrogens with two attached hydrogens (primary N) is 1. The number of hydrogen-bond acceptors (Lipinski definition) is 4. The lowest BCUT2D eigenvalue weighted by atomic mass is 9.97. The number of fused-ring (bicyclic) bond motifs is 1. The maximum Gasteiger partial charge on any atom is 0.153 e. The van der Waals surface area contributed by atoms with Gasteiger partial charge in [-0.3, -0.25) is 0 Å². The Morgan fingerprint density at radius 3 is 2.79 bits per heavy atom. The first kappa shape index (κ1) is 12.9. The van der Waals surface area contributed by atoms with Gasteiger partial charge >= 0.3 is 0 Å². The molecule has 0 aliphatic carbocycles. The molecule has 0 bridgehead atoms. The largest absolute Gasteiger partial charge is 0.366 e. The minimum absolute atomic E-state index is 0.0632. The highest BCUT2D eigenvalue weighted by Crippen LogP contribution is 2.32. The van der Waals surface area contributed by atoms with E-state index in [4.69, 9.17) is 5.73 Å². The molecule has 104 valence electrons. The normalized spacial score (nSPS) is 29.3. The van der Waals surface area contributed by atoms with E-state index in [0.717, 1.165) is 19.4 Å². The van der Waals surface area contributed by atoms with Gasteiger partial charge in [0.15, 0.2) is 9.84 Å². The maximum absolute atomic E-state index is 11.8. The van der Waals surface area contributed by atoms with E-state index in [-0.39, 0.29) is 23.6 Å². The molecule has 2 aliphatic rings. The van der Waals surface area contributed by atoms with Crippen LogP contribution in [0.3, 0.4) is 0 Å². The van der Waals surface area contributed by atoms with Gasteiger partial charge in [-0.15, -0.1) is 0 Å². The zero-order chi connectivity index (χ0) is 13.6. The van der Waals surface area contributed by atoms with Crippen molar-refractivity contribution in [1.82, 2.24) is 0 Å². The Kier molecular flexibility index (Phi) is 3.06. The van der Waals surface area contributed by atoms with Crippen molar-refractivity contribution in [2.24, 2.45) is 5.73 Å². The predicted molar refractivity (Wildman–Crippen MR) is 77.3 cm³/mol. The Morgan fingerprint density at radius 2 is 2.11 bits per heavy atom. The first-order chi connectivity index (χ1) is 8.96. The van der Waals surface area contributed by atoms with E-state index in [9.17, 15) is 8.42 Å². The summed E-state index contributed by atoms with van der Waals surface area (Å²) in [7, 11) is -2.97. The summed E-state index contributed by atoms with van der Waals surface area (Å²) >= 11 is 0. The standard InChI is InChI=1S/C14H20N2O2S/c1-10-4-5-13-11(7-10)3-2-6-16(13)14-9-19(17,18)8-12(14)15/h4-5,7,12,14H,2-3,6,8-9,15H2,1H3. The summed E-state index contributed by atoms with van der Waals surface area (Å²) in [4.78, 5) is 2.22. The van der Waals surface area contributed by atoms with Gasteiger partial charge in [-0.1, -0.05) is 17.7 Å². The second kappa shape index (κ2) is 4.49. The number of rotatable bonds is 1. The zero-order valence-corrected chi connectivity index (χ0v) is 12.0. The summed E-state index contributed by atoms with van der Waals surface area (Å²) in [6.45, 7) is 2.99. The molecule has 2 N–H and O–H groups in total. The van der Waals surface area contributed by atoms with Crippen LogP contribution in [0.2, 0.25) is 0 Å². The molecule has 2 atom stereocenters. The Labute approximate surface area is 114 Å². The fourth-order valence-electron chi connectivity index (χ4n) is 3.28. The smallest absolute Gasteiger partial charge is 0.153 e. The Morgan fingerprint density at radius 1 is 1.32 bits per heavy atom. The molecule has 1 aromatic carbocycles. The molecule has 3 rings (SSSR count). The monoisotopic (exact) mass is 280 g/mol. The molecular weight excluding hydrogens is 260 g/mol. The molecule has 1 fully saturated rings. The van der Waals surface area contributed by atoms with Gasteiger partial charge in [-0.05, 0) is 31.4 Å². The second-order valence-corrected chi connectivity index (χ2v) is 7.89. The third kappa shape index (κ3) is 2.37. The average molecular weight is 280 g/mol. The number of nitrogens with zero attached hydrogens (tertiary/aromatic N) is 1. The lowest BCUT2D eigenvalue weighted by molar-refractivity contribution is 0.547. The van der Waals surface area contributed by atoms with Crippen LogP contribution in [0.4, 0.5) is 5.69 Å². The van der Waals surface area contributed by atoms with Crippen LogP contribution in [-0.4, -0.2) is 38.6 Å². The van der Waals surface area contributed by atoms with Crippen LogP contribution in [0.5, 0.6) is 0 Å². The first-order valence-electron chi connectivity index (χ1n) is 6.78. The summed E-state index contributed by atoms with van der Waals surface area (Å²) < 4.78 is 23.5. The summed E-state index contributed by atoms with van der Waals surface area (Å²) in [5.74, 6) is 0.316. The van der Waals surface area contributed by atoms with E-state index >= 15 is 0 Å². The van der Waals surface area contributed by atoms with E-state index in [1.807, 2.05) is 0 Å². The molecule has 0 spiro atoms. The number of benzene rings is 1. The molecule has 2 unspecified atom stereocenters. The SMILES string of the molecule is Cc1ccc2c(c1)CCCN2C1CS(=O)(=O)CC1N. The van der Waals surface area contributed by atoms with E-state index in [1.165, 1.54) is 16.8 Å². The van der Waals surface area contributed by atoms with Crippen molar-refractivity contribution in [3.05, 3.63) is 29.3 Å². The fraction of sp³-hybridized carbons (Fsp3) is 0.571. The van der Waals surface area contributed by atoms with Crippen LogP contribution in [0.1, 0.15) is 17.5 Å². The summed E-state index contributed by atoms with van der Waals surface area (Å²) in [5, 5.41) is 0. The quantitative estimate of drug-likeness (QED) is 0.829. The van der Waals surface area contributed by atoms with Crippen molar-refractivity contribution in [1.29, 1.82) is 0 Å². The average Bonchev–Trinajstić information content (AvgIpc) is 2.61. The Bertz CT molecular complexity index is 597. The van der Waals surface area contributed by atoms with Crippen molar-refractivity contribution in [3.8, 4) is 0 Å². The lowest BCUT2D eigenvalue weighted by Crippen LogP contribution is -2.49. The molecular formula is C14H20N2O2S. The molecule has 0 aromatic heterocycles. The fourth-order valence-corrected chi connectivity index (χ4v) is 5.17. The first-order valence-corrected chi connectivity index (χ1v) is 8.60. The van der Waals surface area contributed by atoms with Gasteiger partial charge in [0.05, 0.1) is 17.5 Å². The summed E-state index contributed by atoms with van der Waals surface area (Å²) in [6, 6.07) is 6.08. The van der Waals surface area contributed by atoms with Gasteiger partial charge in [0.25, 0.3) is 0 Å². The van der Waals surface area contributed by atoms with Gasteiger partial charge in [-0.25, -0.2) is 8.42 Å². The maximum atomic E-state index is 11.8. The Balaban J connectivity index is 1.96. The molecule has 2 heterocycles. The van der Waals surface area contributed by atoms with E-state index in [0.29, 0.717) is 0 Å². The van der Waals surface area contributed by atoms with Gasteiger partial charge in [-0.2, -0.15) is 0 Å². The molecule has 19 heavy (non-hydrogen) atoms. The minimum Gasteiger partial charge on any atom is -0.366 e. The van der Waals surface area contributed by atoms with Crippen LogP contribution < -0.4 is 10.6 Å². The van der Waals surface area contributed by atoms with Crippen LogP contribution in [0.15, 0.2) is 18.2 Å². The second-order valence-electron chi connectivity index (χ2n) is 5.74. The highest BCUT2D eigenvalue weighted by Gasteiger charge is 2.40. The van der Waals surface area contributed by atoms with Crippen molar-refractivity contribution in [2.45, 2.75) is 31.8 Å². The van der Waals surface area contributed by atoms with Crippen LogP contribution in [0, 0.1) is 6.92 Å². The molecule has 1 saturated heterocycles. The summed E-state index contributed by atoms with van der Waals surface area (Å²) in [6.07, 6.45) is 2.14. The highest BCUT2D eigenvalue weighted by atomic mass is 32.2. The minimum atomic E-state index is -2.97. The number of anilines is 1. The number of hydrogen-bond donors (Lipinski definition) is 1. The van der Waals surface area contributed by atoms with Crippen molar-refractivity contribution < 1.29 is 8.42 Å². The Hall–Kier alpha value is -1.07. The van der Waals surface area contributed by atoms with Gasteiger partial charge in [0.2, 0.25) is 0 Å². The number of aryl methyl sites for hydroxylation is 2. The van der Waals surface area contributed by atoms with E-state index in [2.05, 4.69) is 30.0 Å². The van der Waals surface area contributed by atoms with Crippen molar-refractivity contribution in [2.75, 3.05) is 23.0 Å². The molecule has 4 nitrogen and oxygen atoms in total. The van der Waals surface area contributed by atoms with Crippen LogP contribution in [-0.2, 0) is 16.3 Å². The third-order valence-corrected chi connectivity index (χ3v) is 5.90. The zero-order valence-electron chi connectivity index (χ0n) is 11.2. The van der Waals surface area contributed by atoms with Gasteiger partial charge in [0, 0.05) is 18.3 Å². The molecule has 5 heteroatoms. The highest BCUT2D eigenvalue weighted by molar-refractivity contribution is 7.91. The van der Waals surface area contributed by atoms with Crippen LogP contribution >= 0.6 is 0 Å². The third-order valence-electron chi connectivity index (χ3n) is 4.16. The van der Waals surface area contributed by atoms with E-state index in [1.54, 1.807) is 0 Å². The van der Waals surface area contributed by atoms with Crippen molar-refractivity contribution in [3.63, 3.8) is 0 Å². The molecule has 2 aliphatic heterocycles. The molecule has 0 amide bonds. The van der Waals surface area contributed by atoms with Gasteiger partial charge < -0.3 is 10.6 Å². The van der Waals surface area contributed by atoms with E-state index < -0.39 is 9.84 Å². The number of sulfone groups is 1. The molecule has 1 aromatic rings. The topological polar surface area (TPSA) is 63.4 Å². The molecule has 0 saturated carbocycles. The van der Waals surface area contributed by atoms with Crippen molar-refractivity contribution >= 4 is 15.5 Å².